The lowest BCUT2D eigenvalue weighted by Crippen LogP contribution is -2.48. The quantitative estimate of drug-likeness (QED) is 0.577. The molecule has 2 fully saturated rings. The Bertz CT molecular complexity index is 1090. The van der Waals surface area contributed by atoms with Crippen molar-refractivity contribution in [3.63, 3.8) is 0 Å². The Kier molecular flexibility index (Phi) is 6.44. The first-order valence-corrected chi connectivity index (χ1v) is 11.9. The number of hydrogen-bond acceptors (Lipinski definition) is 6. The highest BCUT2D eigenvalue weighted by Gasteiger charge is 2.45. The zero-order chi connectivity index (χ0) is 24.5. The van der Waals surface area contributed by atoms with Gasteiger partial charge in [0.15, 0.2) is 0 Å². The second kappa shape index (κ2) is 9.67. The fraction of sp³-hybridized carbons (Fsp3) is 0.423. The van der Waals surface area contributed by atoms with E-state index >= 15 is 0 Å². The van der Waals surface area contributed by atoms with Gasteiger partial charge in [0.1, 0.15) is 18.8 Å². The minimum Gasteiger partial charge on any atom is -0.480 e. The summed E-state index contributed by atoms with van der Waals surface area (Å²) in [5.41, 5.74) is 4.54. The molecule has 1 aliphatic carbocycles. The minimum atomic E-state index is -1.15. The first-order chi connectivity index (χ1) is 16.9. The van der Waals surface area contributed by atoms with Gasteiger partial charge < -0.3 is 29.9 Å². The van der Waals surface area contributed by atoms with E-state index in [1.807, 2.05) is 36.4 Å². The van der Waals surface area contributed by atoms with Gasteiger partial charge in [0.2, 0.25) is 0 Å². The molecule has 2 aliphatic heterocycles. The van der Waals surface area contributed by atoms with Crippen LogP contribution in [0.4, 0.5) is 4.79 Å². The van der Waals surface area contributed by atoms with E-state index in [1.54, 1.807) is 0 Å². The molecular weight excluding hydrogens is 452 g/mol. The number of alkyl carbamates (subject to hydrolysis) is 1. The van der Waals surface area contributed by atoms with Crippen LogP contribution in [-0.2, 0) is 19.1 Å². The van der Waals surface area contributed by atoms with E-state index in [4.69, 9.17) is 9.47 Å². The van der Waals surface area contributed by atoms with Crippen molar-refractivity contribution in [1.29, 1.82) is 0 Å². The van der Waals surface area contributed by atoms with Crippen LogP contribution in [0.5, 0.6) is 0 Å². The summed E-state index contributed by atoms with van der Waals surface area (Å²) in [5, 5.41) is 22.0. The molecule has 3 aliphatic rings. The molecule has 184 valence electrons. The van der Waals surface area contributed by atoms with Gasteiger partial charge in [-0.1, -0.05) is 48.5 Å². The maximum absolute atomic E-state index is 13.0. The van der Waals surface area contributed by atoms with Crippen molar-refractivity contribution >= 4 is 18.0 Å². The number of nitrogens with zero attached hydrogens (tertiary/aromatic N) is 1. The summed E-state index contributed by atoms with van der Waals surface area (Å²) in [6.07, 6.45) is -1.77. The number of carbonyl (C=O) groups excluding carboxylic acids is 2. The molecule has 3 N–H and O–H groups in total. The van der Waals surface area contributed by atoms with Gasteiger partial charge in [0.25, 0.3) is 5.91 Å². The van der Waals surface area contributed by atoms with Gasteiger partial charge in [-0.25, -0.2) is 9.59 Å². The summed E-state index contributed by atoms with van der Waals surface area (Å²) < 4.78 is 11.2. The molecule has 9 nitrogen and oxygen atoms in total. The summed E-state index contributed by atoms with van der Waals surface area (Å²) in [7, 11) is 0. The number of β-amino-alcohol motifs (C(OH)–C–C–N with tert-alkyl or cyclic N) is 1. The monoisotopic (exact) mass is 480 g/mol. The van der Waals surface area contributed by atoms with Gasteiger partial charge in [-0.3, -0.25) is 4.79 Å². The zero-order valence-corrected chi connectivity index (χ0v) is 19.1. The molecule has 0 aromatic heterocycles. The SMILES string of the molecule is O=C(NC[C@H]1CCO[C@H]1C(=O)N1CC(O)CC1C(=O)O)OCC1c2ccccc2-c2ccccc21. The van der Waals surface area contributed by atoms with Crippen molar-refractivity contribution in [3.05, 3.63) is 59.7 Å². The van der Waals surface area contributed by atoms with E-state index in [9.17, 15) is 24.6 Å². The normalized spacial score (nSPS) is 25.2. The first-order valence-electron chi connectivity index (χ1n) is 11.9. The predicted molar refractivity (Wildman–Crippen MR) is 125 cm³/mol. The average Bonchev–Trinajstić information content (AvgIpc) is 3.57. The molecular formula is C26H28N2O7. The van der Waals surface area contributed by atoms with Gasteiger partial charge >= 0.3 is 12.1 Å². The van der Waals surface area contributed by atoms with Crippen LogP contribution in [0.3, 0.4) is 0 Å². The van der Waals surface area contributed by atoms with E-state index in [2.05, 4.69) is 17.4 Å². The maximum atomic E-state index is 13.0. The molecule has 0 saturated carbocycles. The Labute approximate surface area is 202 Å². The largest absolute Gasteiger partial charge is 0.480 e. The predicted octanol–water partition coefficient (Wildman–Crippen LogP) is 1.98. The highest BCUT2D eigenvalue weighted by Crippen LogP contribution is 2.44. The second-order valence-corrected chi connectivity index (χ2v) is 9.28. The Morgan fingerprint density at radius 2 is 1.71 bits per heavy atom. The Morgan fingerprint density at radius 3 is 2.37 bits per heavy atom. The van der Waals surface area contributed by atoms with Crippen LogP contribution in [0.2, 0.25) is 0 Å². The fourth-order valence-electron chi connectivity index (χ4n) is 5.43. The van der Waals surface area contributed by atoms with E-state index in [0.29, 0.717) is 13.0 Å². The minimum absolute atomic E-state index is 0.00351. The van der Waals surface area contributed by atoms with Gasteiger partial charge in [-0.2, -0.15) is 0 Å². The molecule has 9 heteroatoms. The number of ether oxygens (including phenoxy) is 2. The number of hydrogen-bond donors (Lipinski definition) is 3. The molecule has 0 bridgehead atoms. The molecule has 2 aromatic carbocycles. The molecule has 5 rings (SSSR count). The highest BCUT2D eigenvalue weighted by atomic mass is 16.5. The molecule has 2 amide bonds. The number of aliphatic hydroxyl groups is 1. The van der Waals surface area contributed by atoms with Crippen molar-refractivity contribution in [2.45, 2.75) is 37.0 Å². The number of carbonyl (C=O) groups is 3. The topological polar surface area (TPSA) is 125 Å². The van der Waals surface area contributed by atoms with Crippen molar-refractivity contribution < 1.29 is 34.1 Å². The number of likely N-dealkylation sites (tertiary alicyclic amines) is 1. The molecule has 2 unspecified atom stereocenters. The summed E-state index contributed by atoms with van der Waals surface area (Å²) in [6.45, 7) is 0.653. The molecule has 4 atom stereocenters. The first kappa shape index (κ1) is 23.3. The molecule has 2 heterocycles. The number of rotatable bonds is 6. The maximum Gasteiger partial charge on any atom is 0.407 e. The Morgan fingerprint density at radius 1 is 1.06 bits per heavy atom. The highest BCUT2D eigenvalue weighted by molar-refractivity contribution is 5.87. The van der Waals surface area contributed by atoms with Crippen LogP contribution < -0.4 is 5.32 Å². The van der Waals surface area contributed by atoms with Crippen molar-refractivity contribution in [2.75, 3.05) is 26.3 Å². The van der Waals surface area contributed by atoms with Crippen LogP contribution in [0.1, 0.15) is 29.9 Å². The van der Waals surface area contributed by atoms with Crippen LogP contribution in [0, 0.1) is 5.92 Å². The number of aliphatic carboxylic acids is 1. The van der Waals surface area contributed by atoms with Gasteiger partial charge in [0, 0.05) is 38.0 Å². The molecule has 2 saturated heterocycles. The van der Waals surface area contributed by atoms with Crippen molar-refractivity contribution in [3.8, 4) is 11.1 Å². The van der Waals surface area contributed by atoms with Crippen LogP contribution in [0.15, 0.2) is 48.5 Å². The van der Waals surface area contributed by atoms with Gasteiger partial charge in [-0.05, 0) is 28.7 Å². The standard InChI is InChI=1S/C26H28N2O7/c29-16-11-22(25(31)32)28(13-16)24(30)23-15(9-10-34-23)12-27-26(33)35-14-21-19-7-3-1-5-17(19)18-6-2-4-8-20(18)21/h1-8,15-16,21-23,29H,9-14H2,(H,27,33)(H,31,32)/t15-,16?,22?,23-/m1/s1. The van der Waals surface area contributed by atoms with Crippen LogP contribution in [-0.4, -0.2) is 77.6 Å². The van der Waals surface area contributed by atoms with Crippen LogP contribution in [0.25, 0.3) is 11.1 Å². The molecule has 0 radical (unpaired) electrons. The Balaban J connectivity index is 1.17. The smallest absolute Gasteiger partial charge is 0.407 e. The Hall–Kier alpha value is -3.43. The third-order valence-electron chi connectivity index (χ3n) is 7.16. The number of carboxylic acids is 1. The molecule has 35 heavy (non-hydrogen) atoms. The number of nitrogens with one attached hydrogen (secondary N) is 1. The van der Waals surface area contributed by atoms with Crippen molar-refractivity contribution in [1.82, 2.24) is 10.2 Å². The van der Waals surface area contributed by atoms with Gasteiger partial charge in [-0.15, -0.1) is 0 Å². The third-order valence-corrected chi connectivity index (χ3v) is 7.16. The number of benzene rings is 2. The van der Waals surface area contributed by atoms with Crippen molar-refractivity contribution in [2.24, 2.45) is 5.92 Å². The average molecular weight is 481 g/mol. The van der Waals surface area contributed by atoms with E-state index in [0.717, 1.165) is 22.3 Å². The third kappa shape index (κ3) is 4.49. The van der Waals surface area contributed by atoms with E-state index in [1.165, 1.54) is 4.90 Å². The summed E-state index contributed by atoms with van der Waals surface area (Å²) >= 11 is 0. The molecule has 0 spiro atoms. The van der Waals surface area contributed by atoms with E-state index < -0.39 is 36.2 Å². The zero-order valence-electron chi connectivity index (χ0n) is 19.1. The lowest BCUT2D eigenvalue weighted by molar-refractivity contribution is -0.153. The van der Waals surface area contributed by atoms with Crippen LogP contribution >= 0.6 is 0 Å². The lowest BCUT2D eigenvalue weighted by atomic mass is 9.98. The summed E-state index contributed by atoms with van der Waals surface area (Å²) in [5.74, 6) is -1.98. The fourth-order valence-corrected chi connectivity index (χ4v) is 5.43. The number of amides is 2. The summed E-state index contributed by atoms with van der Waals surface area (Å²) in [6, 6.07) is 15.1. The number of aliphatic hydroxyl groups excluding tert-OH is 1. The summed E-state index contributed by atoms with van der Waals surface area (Å²) in [4.78, 5) is 38.2. The van der Waals surface area contributed by atoms with E-state index in [-0.39, 0.29) is 38.0 Å². The van der Waals surface area contributed by atoms with Gasteiger partial charge in [0.05, 0.1) is 6.10 Å². The molecule has 2 aromatic rings. The lowest BCUT2D eigenvalue weighted by Gasteiger charge is -2.27. The number of fused-ring (bicyclic) bond motifs is 3. The number of carboxylic acid groups (broad SMARTS) is 1. The second-order valence-electron chi connectivity index (χ2n) is 9.28.